The van der Waals surface area contributed by atoms with Gasteiger partial charge in [0.1, 0.15) is 5.82 Å². The molecule has 0 unspecified atom stereocenters. The number of hydrogen-bond acceptors (Lipinski definition) is 3. The molecule has 0 spiro atoms. The largest absolute Gasteiger partial charge is 0.371 e. The van der Waals surface area contributed by atoms with E-state index in [1.165, 1.54) is 12.1 Å². The zero-order valence-corrected chi connectivity index (χ0v) is 13.3. The van der Waals surface area contributed by atoms with Gasteiger partial charge in [-0.2, -0.15) is 0 Å². The third-order valence-corrected chi connectivity index (χ3v) is 4.11. The number of ketones is 1. The number of rotatable bonds is 4. The van der Waals surface area contributed by atoms with Crippen LogP contribution in [0.1, 0.15) is 27.6 Å². The van der Waals surface area contributed by atoms with Crippen molar-refractivity contribution in [3.05, 3.63) is 70.0 Å². The number of ether oxygens (including phenoxy) is 1. The summed E-state index contributed by atoms with van der Waals surface area (Å²) < 4.78 is 19.5. The van der Waals surface area contributed by atoms with Gasteiger partial charge >= 0.3 is 0 Å². The number of Topliss-reactive ketones (excluding diaryl/α,β-unsaturated/α-hetero) is 1. The van der Waals surface area contributed by atoms with E-state index in [0.717, 1.165) is 30.3 Å². The predicted molar refractivity (Wildman–Crippen MR) is 87.4 cm³/mol. The van der Waals surface area contributed by atoms with Gasteiger partial charge in [-0.3, -0.25) is 4.79 Å². The van der Waals surface area contributed by atoms with Gasteiger partial charge in [-0.05, 0) is 29.3 Å². The van der Waals surface area contributed by atoms with Gasteiger partial charge in [0.25, 0.3) is 0 Å². The molecule has 120 valence electrons. The number of nitrogens with one attached hydrogen (secondary N) is 1. The van der Waals surface area contributed by atoms with Crippen molar-refractivity contribution in [2.75, 3.05) is 19.7 Å². The molecule has 0 amide bonds. The zero-order valence-electron chi connectivity index (χ0n) is 12.5. The molecule has 2 aromatic carbocycles. The van der Waals surface area contributed by atoms with Crippen molar-refractivity contribution in [1.29, 1.82) is 0 Å². The molecule has 1 saturated heterocycles. The monoisotopic (exact) mass is 333 g/mol. The number of carbonyl (C=O) groups is 1. The van der Waals surface area contributed by atoms with Gasteiger partial charge in [0, 0.05) is 24.5 Å². The van der Waals surface area contributed by atoms with Crippen molar-refractivity contribution in [3.8, 4) is 0 Å². The molecule has 0 aliphatic carbocycles. The van der Waals surface area contributed by atoms with Crippen LogP contribution in [0.5, 0.6) is 0 Å². The third kappa shape index (κ3) is 3.96. The molecule has 0 saturated carbocycles. The van der Waals surface area contributed by atoms with Crippen molar-refractivity contribution < 1.29 is 13.9 Å². The van der Waals surface area contributed by atoms with Gasteiger partial charge in [-0.15, -0.1) is 0 Å². The minimum Gasteiger partial charge on any atom is -0.371 e. The molecule has 1 N–H and O–H groups in total. The van der Waals surface area contributed by atoms with Crippen molar-refractivity contribution in [1.82, 2.24) is 5.32 Å². The quantitative estimate of drug-likeness (QED) is 0.869. The van der Waals surface area contributed by atoms with Crippen molar-refractivity contribution in [2.24, 2.45) is 0 Å². The topological polar surface area (TPSA) is 38.3 Å². The van der Waals surface area contributed by atoms with Crippen LogP contribution in [0.15, 0.2) is 42.5 Å². The van der Waals surface area contributed by atoms with Crippen LogP contribution < -0.4 is 5.32 Å². The molecule has 5 heteroatoms. The maximum absolute atomic E-state index is 13.8. The van der Waals surface area contributed by atoms with Gasteiger partial charge in [-0.25, -0.2) is 4.39 Å². The smallest absolute Gasteiger partial charge is 0.170 e. The van der Waals surface area contributed by atoms with Crippen molar-refractivity contribution >= 4 is 17.4 Å². The third-order valence-electron chi connectivity index (χ3n) is 3.88. The molecule has 1 aliphatic rings. The van der Waals surface area contributed by atoms with E-state index in [1.54, 1.807) is 0 Å². The fraction of sp³-hybridized carbons (Fsp3) is 0.278. The first kappa shape index (κ1) is 16.1. The second-order valence-corrected chi connectivity index (χ2v) is 5.97. The van der Waals surface area contributed by atoms with Crippen LogP contribution in [0.25, 0.3) is 0 Å². The highest BCUT2D eigenvalue weighted by Crippen LogP contribution is 2.21. The minimum atomic E-state index is -0.583. The van der Waals surface area contributed by atoms with E-state index in [9.17, 15) is 9.18 Å². The van der Waals surface area contributed by atoms with E-state index in [0.29, 0.717) is 6.61 Å². The van der Waals surface area contributed by atoms with Crippen LogP contribution in [0.3, 0.4) is 0 Å². The standard InChI is InChI=1S/C18H17ClFNO2/c19-14-5-6-15(16(20)10-14)17(22)9-12-1-3-13(4-2-12)18-11-21-7-8-23-18/h1-6,10,18,21H,7-9,11H2/t18-/m1/s1. The van der Waals surface area contributed by atoms with Crippen LogP contribution in [0, 0.1) is 5.82 Å². The lowest BCUT2D eigenvalue weighted by Crippen LogP contribution is -2.33. The number of hydrogen-bond donors (Lipinski definition) is 1. The normalized spacial score (nSPS) is 17.9. The molecule has 23 heavy (non-hydrogen) atoms. The molecular formula is C18H17ClFNO2. The fourth-order valence-electron chi connectivity index (χ4n) is 2.63. The Bertz CT molecular complexity index is 697. The summed E-state index contributed by atoms with van der Waals surface area (Å²) in [7, 11) is 0. The Morgan fingerprint density at radius 2 is 2.04 bits per heavy atom. The van der Waals surface area contributed by atoms with E-state index < -0.39 is 5.82 Å². The molecular weight excluding hydrogens is 317 g/mol. The van der Waals surface area contributed by atoms with Crippen LogP contribution in [-0.2, 0) is 11.2 Å². The van der Waals surface area contributed by atoms with E-state index >= 15 is 0 Å². The Morgan fingerprint density at radius 3 is 2.70 bits per heavy atom. The molecule has 3 rings (SSSR count). The maximum Gasteiger partial charge on any atom is 0.170 e. The Hall–Kier alpha value is -1.75. The molecule has 3 nitrogen and oxygen atoms in total. The lowest BCUT2D eigenvalue weighted by atomic mass is 10.00. The lowest BCUT2D eigenvalue weighted by molar-refractivity contribution is 0.0277. The van der Waals surface area contributed by atoms with Gasteiger partial charge in [-0.1, -0.05) is 35.9 Å². The maximum atomic E-state index is 13.8. The number of carbonyl (C=O) groups excluding carboxylic acids is 1. The van der Waals surface area contributed by atoms with Crippen LogP contribution >= 0.6 is 11.6 Å². The summed E-state index contributed by atoms with van der Waals surface area (Å²) in [5.41, 5.74) is 1.99. The fourth-order valence-corrected chi connectivity index (χ4v) is 2.78. The van der Waals surface area contributed by atoms with E-state index in [1.807, 2.05) is 24.3 Å². The first-order valence-electron chi connectivity index (χ1n) is 7.53. The predicted octanol–water partition coefficient (Wildman–Crippen LogP) is 3.57. The number of benzene rings is 2. The summed E-state index contributed by atoms with van der Waals surface area (Å²) in [6, 6.07) is 11.8. The van der Waals surface area contributed by atoms with E-state index in [-0.39, 0.29) is 28.9 Å². The SMILES string of the molecule is O=C(Cc1ccc([C@H]2CNCCO2)cc1)c1ccc(Cl)cc1F. The van der Waals surface area contributed by atoms with E-state index in [2.05, 4.69) is 5.32 Å². The molecule has 0 bridgehead atoms. The highest BCUT2D eigenvalue weighted by Gasteiger charge is 2.16. The summed E-state index contributed by atoms with van der Waals surface area (Å²) in [5.74, 6) is -0.844. The van der Waals surface area contributed by atoms with Gasteiger partial charge in [0.15, 0.2) is 5.78 Å². The molecule has 1 aliphatic heterocycles. The highest BCUT2D eigenvalue weighted by atomic mass is 35.5. The Morgan fingerprint density at radius 1 is 1.26 bits per heavy atom. The number of morpholine rings is 1. The molecule has 1 atom stereocenters. The highest BCUT2D eigenvalue weighted by molar-refractivity contribution is 6.30. The summed E-state index contributed by atoms with van der Waals surface area (Å²) in [6.45, 7) is 2.35. The first-order valence-corrected chi connectivity index (χ1v) is 7.90. The molecule has 2 aromatic rings. The van der Waals surface area contributed by atoms with Crippen LogP contribution in [0.2, 0.25) is 5.02 Å². The average molecular weight is 334 g/mol. The van der Waals surface area contributed by atoms with Gasteiger partial charge < -0.3 is 10.1 Å². The minimum absolute atomic E-state index is 0.0437. The summed E-state index contributed by atoms with van der Waals surface area (Å²) in [6.07, 6.45) is 0.199. The molecule has 1 heterocycles. The first-order chi connectivity index (χ1) is 11.1. The molecule has 0 radical (unpaired) electrons. The van der Waals surface area contributed by atoms with Crippen molar-refractivity contribution in [2.45, 2.75) is 12.5 Å². The summed E-state index contributed by atoms with van der Waals surface area (Å²) >= 11 is 5.70. The van der Waals surface area contributed by atoms with Gasteiger partial charge in [0.2, 0.25) is 0 Å². The Labute approximate surface area is 139 Å². The second-order valence-electron chi connectivity index (χ2n) is 5.53. The van der Waals surface area contributed by atoms with Gasteiger partial charge in [0.05, 0.1) is 18.3 Å². The summed E-state index contributed by atoms with van der Waals surface area (Å²) in [5, 5.41) is 3.56. The van der Waals surface area contributed by atoms with Crippen molar-refractivity contribution in [3.63, 3.8) is 0 Å². The lowest BCUT2D eigenvalue weighted by Gasteiger charge is -2.24. The molecule has 1 fully saturated rings. The molecule has 0 aromatic heterocycles. The van der Waals surface area contributed by atoms with Crippen LogP contribution in [0.4, 0.5) is 4.39 Å². The summed E-state index contributed by atoms with van der Waals surface area (Å²) in [4.78, 5) is 12.2. The Balaban J connectivity index is 1.69. The zero-order chi connectivity index (χ0) is 16.2. The van der Waals surface area contributed by atoms with Crippen LogP contribution in [-0.4, -0.2) is 25.5 Å². The second kappa shape index (κ2) is 7.21. The average Bonchev–Trinajstić information content (AvgIpc) is 2.56. The number of halogens is 2. The Kier molecular flexibility index (Phi) is 5.06. The van der Waals surface area contributed by atoms with E-state index in [4.69, 9.17) is 16.3 Å².